The molecule has 0 aliphatic rings. The summed E-state index contributed by atoms with van der Waals surface area (Å²) >= 11 is 1.53. The standard InChI is InChI=1S/C24H21N3O3S/c1-29-18-12-13-22(30-2)21(14-18)26-16-17(15-25)24(28)27-20-10-6-7-11-23(20)31-19-8-4-3-5-9-19/h3-14,16,26H,1-2H3,(H,27,28)/b17-16-. The largest absolute Gasteiger partial charge is 0.497 e. The molecule has 0 saturated carbocycles. The molecule has 3 aromatic rings. The summed E-state index contributed by atoms with van der Waals surface area (Å²) in [5, 5.41) is 15.3. The quantitative estimate of drug-likeness (QED) is 0.371. The molecule has 0 saturated heterocycles. The van der Waals surface area contributed by atoms with Gasteiger partial charge in [-0.15, -0.1) is 0 Å². The first-order valence-electron chi connectivity index (χ1n) is 9.36. The van der Waals surface area contributed by atoms with Gasteiger partial charge in [0.05, 0.1) is 25.6 Å². The number of para-hydroxylation sites is 1. The van der Waals surface area contributed by atoms with Crippen molar-refractivity contribution in [2.45, 2.75) is 9.79 Å². The molecule has 2 N–H and O–H groups in total. The number of anilines is 2. The van der Waals surface area contributed by atoms with Crippen molar-refractivity contribution in [3.05, 3.63) is 84.6 Å². The lowest BCUT2D eigenvalue weighted by molar-refractivity contribution is -0.112. The zero-order valence-electron chi connectivity index (χ0n) is 17.1. The lowest BCUT2D eigenvalue weighted by atomic mass is 10.2. The molecule has 0 aromatic heterocycles. The zero-order chi connectivity index (χ0) is 22.1. The molecule has 0 heterocycles. The monoisotopic (exact) mass is 431 g/mol. The molecule has 0 fully saturated rings. The fourth-order valence-corrected chi connectivity index (χ4v) is 3.61. The molecule has 3 rings (SSSR count). The van der Waals surface area contributed by atoms with E-state index in [0.29, 0.717) is 22.9 Å². The van der Waals surface area contributed by atoms with Gasteiger partial charge in [0.1, 0.15) is 23.1 Å². The van der Waals surface area contributed by atoms with E-state index in [9.17, 15) is 10.1 Å². The number of carbonyl (C=O) groups excluding carboxylic acids is 1. The van der Waals surface area contributed by atoms with E-state index >= 15 is 0 Å². The second-order valence-corrected chi connectivity index (χ2v) is 7.36. The SMILES string of the molecule is COc1ccc(OC)c(N/C=C(/C#N)C(=O)Nc2ccccc2Sc2ccccc2)c1. The molecule has 0 aliphatic heterocycles. The predicted molar refractivity (Wildman–Crippen MR) is 123 cm³/mol. The van der Waals surface area contributed by atoms with Gasteiger partial charge in [-0.05, 0) is 36.4 Å². The van der Waals surface area contributed by atoms with E-state index in [2.05, 4.69) is 10.6 Å². The molecular weight excluding hydrogens is 410 g/mol. The summed E-state index contributed by atoms with van der Waals surface area (Å²) in [6.07, 6.45) is 1.35. The smallest absolute Gasteiger partial charge is 0.267 e. The number of nitriles is 1. The van der Waals surface area contributed by atoms with Gasteiger partial charge in [0.2, 0.25) is 0 Å². The lowest BCUT2D eigenvalue weighted by Gasteiger charge is -2.12. The van der Waals surface area contributed by atoms with Gasteiger partial charge in [-0.3, -0.25) is 4.79 Å². The molecule has 6 nitrogen and oxygen atoms in total. The molecule has 0 aliphatic carbocycles. The van der Waals surface area contributed by atoms with E-state index in [0.717, 1.165) is 9.79 Å². The number of hydrogen-bond donors (Lipinski definition) is 2. The normalized spacial score (nSPS) is 10.7. The second kappa shape index (κ2) is 10.8. The third-order valence-electron chi connectivity index (χ3n) is 4.25. The third-order valence-corrected chi connectivity index (χ3v) is 5.33. The molecule has 0 spiro atoms. The number of benzene rings is 3. The molecule has 3 aromatic carbocycles. The predicted octanol–water partition coefficient (Wildman–Crippen LogP) is 5.31. The minimum absolute atomic E-state index is 0.0793. The third kappa shape index (κ3) is 5.81. The molecule has 0 unspecified atom stereocenters. The van der Waals surface area contributed by atoms with Crippen LogP contribution in [0.25, 0.3) is 0 Å². The van der Waals surface area contributed by atoms with Crippen LogP contribution in [0.5, 0.6) is 11.5 Å². The average Bonchev–Trinajstić information content (AvgIpc) is 2.81. The molecule has 0 bridgehead atoms. The van der Waals surface area contributed by atoms with Crippen LogP contribution in [0.2, 0.25) is 0 Å². The molecule has 156 valence electrons. The first-order valence-corrected chi connectivity index (χ1v) is 10.2. The fourth-order valence-electron chi connectivity index (χ4n) is 2.69. The van der Waals surface area contributed by atoms with Crippen LogP contribution in [0.1, 0.15) is 0 Å². The molecular formula is C24H21N3O3S. The maximum atomic E-state index is 12.7. The highest BCUT2D eigenvalue weighted by Gasteiger charge is 2.13. The van der Waals surface area contributed by atoms with Gasteiger partial charge in [-0.1, -0.05) is 42.1 Å². The van der Waals surface area contributed by atoms with E-state index in [1.54, 1.807) is 31.4 Å². The van der Waals surface area contributed by atoms with Crippen molar-refractivity contribution in [3.63, 3.8) is 0 Å². The van der Waals surface area contributed by atoms with Crippen molar-refractivity contribution in [2.24, 2.45) is 0 Å². The maximum absolute atomic E-state index is 12.7. The van der Waals surface area contributed by atoms with E-state index in [4.69, 9.17) is 9.47 Å². The number of amides is 1. The van der Waals surface area contributed by atoms with Gasteiger partial charge in [0.25, 0.3) is 5.91 Å². The van der Waals surface area contributed by atoms with Crippen LogP contribution in [0, 0.1) is 11.3 Å². The molecule has 31 heavy (non-hydrogen) atoms. The van der Waals surface area contributed by atoms with Gasteiger partial charge < -0.3 is 20.1 Å². The van der Waals surface area contributed by atoms with Gasteiger partial charge in [-0.2, -0.15) is 5.26 Å². The molecule has 7 heteroatoms. The van der Waals surface area contributed by atoms with Crippen LogP contribution in [0.4, 0.5) is 11.4 Å². The van der Waals surface area contributed by atoms with Crippen LogP contribution >= 0.6 is 11.8 Å². The topological polar surface area (TPSA) is 83.4 Å². The van der Waals surface area contributed by atoms with E-state index < -0.39 is 5.91 Å². The Labute approximate surface area is 185 Å². The number of methoxy groups -OCH3 is 2. The summed E-state index contributed by atoms with van der Waals surface area (Å²) in [5.41, 5.74) is 1.12. The Morgan fingerprint density at radius 3 is 2.42 bits per heavy atom. The number of ether oxygens (including phenoxy) is 2. The number of hydrogen-bond acceptors (Lipinski definition) is 6. The Kier molecular flexibility index (Phi) is 7.57. The van der Waals surface area contributed by atoms with E-state index in [1.807, 2.05) is 54.6 Å². The number of nitrogens with one attached hydrogen (secondary N) is 2. The first kappa shape index (κ1) is 21.8. The molecule has 0 atom stereocenters. The van der Waals surface area contributed by atoms with Crippen LogP contribution in [-0.2, 0) is 4.79 Å². The Morgan fingerprint density at radius 2 is 1.71 bits per heavy atom. The highest BCUT2D eigenvalue weighted by Crippen LogP contribution is 2.33. The van der Waals surface area contributed by atoms with Crippen molar-refractivity contribution in [1.82, 2.24) is 0 Å². The Hall–Kier alpha value is -3.89. The summed E-state index contributed by atoms with van der Waals surface area (Å²) in [4.78, 5) is 14.7. The summed E-state index contributed by atoms with van der Waals surface area (Å²) in [5.74, 6) is 0.656. The van der Waals surface area contributed by atoms with Crippen molar-refractivity contribution in [1.29, 1.82) is 5.26 Å². The summed E-state index contributed by atoms with van der Waals surface area (Å²) in [6.45, 7) is 0. The second-order valence-electron chi connectivity index (χ2n) is 6.25. The maximum Gasteiger partial charge on any atom is 0.267 e. The minimum atomic E-state index is -0.516. The van der Waals surface area contributed by atoms with Crippen LogP contribution in [0.3, 0.4) is 0 Å². The van der Waals surface area contributed by atoms with Crippen LogP contribution < -0.4 is 20.1 Å². The van der Waals surface area contributed by atoms with Gasteiger partial charge in [0.15, 0.2) is 0 Å². The van der Waals surface area contributed by atoms with Gasteiger partial charge in [-0.25, -0.2) is 0 Å². The summed E-state index contributed by atoms with van der Waals surface area (Å²) in [6, 6.07) is 24.5. The lowest BCUT2D eigenvalue weighted by Crippen LogP contribution is -2.15. The van der Waals surface area contributed by atoms with Crippen molar-refractivity contribution < 1.29 is 14.3 Å². The molecule has 0 radical (unpaired) electrons. The van der Waals surface area contributed by atoms with Crippen molar-refractivity contribution in [3.8, 4) is 17.6 Å². The first-order chi connectivity index (χ1) is 15.1. The summed E-state index contributed by atoms with van der Waals surface area (Å²) < 4.78 is 10.5. The van der Waals surface area contributed by atoms with Crippen LogP contribution in [0.15, 0.2) is 94.4 Å². The number of carbonyl (C=O) groups is 1. The number of rotatable bonds is 8. The Bertz CT molecular complexity index is 1120. The van der Waals surface area contributed by atoms with E-state index in [1.165, 1.54) is 25.1 Å². The molecule has 1 amide bonds. The minimum Gasteiger partial charge on any atom is -0.497 e. The number of nitrogens with zero attached hydrogens (tertiary/aromatic N) is 1. The Balaban J connectivity index is 1.77. The van der Waals surface area contributed by atoms with Gasteiger partial charge in [0, 0.05) is 22.1 Å². The zero-order valence-corrected chi connectivity index (χ0v) is 17.9. The van der Waals surface area contributed by atoms with Gasteiger partial charge >= 0.3 is 0 Å². The fraction of sp³-hybridized carbons (Fsp3) is 0.0833. The van der Waals surface area contributed by atoms with Crippen LogP contribution in [-0.4, -0.2) is 20.1 Å². The highest BCUT2D eigenvalue weighted by atomic mass is 32.2. The van der Waals surface area contributed by atoms with Crippen molar-refractivity contribution in [2.75, 3.05) is 24.9 Å². The highest BCUT2D eigenvalue weighted by molar-refractivity contribution is 7.99. The average molecular weight is 432 g/mol. The van der Waals surface area contributed by atoms with Crippen molar-refractivity contribution >= 4 is 29.0 Å². The summed E-state index contributed by atoms with van der Waals surface area (Å²) in [7, 11) is 3.09. The van der Waals surface area contributed by atoms with E-state index in [-0.39, 0.29) is 5.57 Å². The Morgan fingerprint density at radius 1 is 0.968 bits per heavy atom.